The minimum Gasteiger partial charge on any atom is -0.383 e. The fraction of sp³-hybridized carbons (Fsp3) is 0.733. The molecule has 1 atom stereocenters. The van der Waals surface area contributed by atoms with E-state index in [-0.39, 0.29) is 0 Å². The number of nitrogens with zero attached hydrogens (tertiary/aromatic N) is 3. The summed E-state index contributed by atoms with van der Waals surface area (Å²) in [6.45, 7) is 8.15. The van der Waals surface area contributed by atoms with E-state index in [0.29, 0.717) is 19.3 Å². The van der Waals surface area contributed by atoms with Gasteiger partial charge in [0.05, 0.1) is 31.3 Å². The zero-order valence-electron chi connectivity index (χ0n) is 13.6. The van der Waals surface area contributed by atoms with E-state index < -0.39 is 0 Å². The molecular weight excluding hydrogens is 268 g/mol. The van der Waals surface area contributed by atoms with Crippen LogP contribution in [0.3, 0.4) is 0 Å². The minimum atomic E-state index is 0.310. The van der Waals surface area contributed by atoms with Gasteiger partial charge in [-0.1, -0.05) is 6.92 Å². The maximum absolute atomic E-state index is 5.24. The summed E-state index contributed by atoms with van der Waals surface area (Å²) in [5.41, 5.74) is 0.955. The monoisotopic (exact) mass is 296 g/mol. The third-order valence-electron chi connectivity index (χ3n) is 3.24. The zero-order valence-corrected chi connectivity index (χ0v) is 13.6. The van der Waals surface area contributed by atoms with Crippen LogP contribution in [-0.4, -0.2) is 61.4 Å². The highest BCUT2D eigenvalue weighted by Gasteiger charge is 2.14. The highest BCUT2D eigenvalue weighted by molar-refractivity contribution is 5.30. The smallest absolute Gasteiger partial charge is 0.144 e. The topological polar surface area (TPSA) is 59.5 Å². The Morgan fingerprint density at radius 1 is 1.24 bits per heavy atom. The lowest BCUT2D eigenvalue weighted by Gasteiger charge is -2.27. The number of hydrogen-bond acceptors (Lipinski definition) is 6. The molecule has 0 fully saturated rings. The van der Waals surface area contributed by atoms with E-state index in [1.165, 1.54) is 0 Å². The molecule has 1 aromatic rings. The SMILES string of the molecule is CCCNc1cnc(CN(CCOC)C(C)COC)cn1. The van der Waals surface area contributed by atoms with E-state index in [4.69, 9.17) is 9.47 Å². The maximum Gasteiger partial charge on any atom is 0.144 e. The Bertz CT molecular complexity index is 372. The van der Waals surface area contributed by atoms with Crippen LogP contribution in [0.25, 0.3) is 0 Å². The molecule has 21 heavy (non-hydrogen) atoms. The summed E-state index contributed by atoms with van der Waals surface area (Å²) in [5.74, 6) is 0.828. The van der Waals surface area contributed by atoms with E-state index in [9.17, 15) is 0 Å². The van der Waals surface area contributed by atoms with Crippen molar-refractivity contribution in [2.24, 2.45) is 0 Å². The van der Waals surface area contributed by atoms with Crippen LogP contribution in [0.15, 0.2) is 12.4 Å². The lowest BCUT2D eigenvalue weighted by Crippen LogP contribution is -2.38. The van der Waals surface area contributed by atoms with E-state index in [1.54, 1.807) is 20.4 Å². The zero-order chi connectivity index (χ0) is 15.5. The molecule has 6 heteroatoms. The molecule has 0 aliphatic rings. The van der Waals surface area contributed by atoms with Crippen molar-refractivity contribution in [2.45, 2.75) is 32.9 Å². The van der Waals surface area contributed by atoms with Gasteiger partial charge in [0.2, 0.25) is 0 Å². The van der Waals surface area contributed by atoms with Gasteiger partial charge in [0.1, 0.15) is 5.82 Å². The van der Waals surface area contributed by atoms with Crippen LogP contribution in [0.5, 0.6) is 0 Å². The second-order valence-corrected chi connectivity index (χ2v) is 5.09. The van der Waals surface area contributed by atoms with Gasteiger partial charge in [-0.3, -0.25) is 9.88 Å². The van der Waals surface area contributed by atoms with Crippen molar-refractivity contribution in [3.8, 4) is 0 Å². The summed E-state index contributed by atoms with van der Waals surface area (Å²) in [7, 11) is 3.44. The fourth-order valence-corrected chi connectivity index (χ4v) is 2.00. The predicted octanol–water partition coefficient (Wildman–Crippen LogP) is 1.78. The normalized spacial score (nSPS) is 12.6. The number of hydrogen-bond donors (Lipinski definition) is 1. The van der Waals surface area contributed by atoms with Crippen molar-refractivity contribution in [3.63, 3.8) is 0 Å². The Kier molecular flexibility index (Phi) is 8.89. The third kappa shape index (κ3) is 6.84. The third-order valence-corrected chi connectivity index (χ3v) is 3.24. The van der Waals surface area contributed by atoms with Crippen LogP contribution in [0.4, 0.5) is 5.82 Å². The molecule has 0 aliphatic carbocycles. The van der Waals surface area contributed by atoms with Gasteiger partial charge >= 0.3 is 0 Å². The molecule has 0 aliphatic heterocycles. The van der Waals surface area contributed by atoms with Crippen LogP contribution in [0, 0.1) is 0 Å². The fourth-order valence-electron chi connectivity index (χ4n) is 2.00. The lowest BCUT2D eigenvalue weighted by atomic mass is 10.2. The number of aromatic nitrogens is 2. The first kappa shape index (κ1) is 17.8. The quantitative estimate of drug-likeness (QED) is 0.672. The van der Waals surface area contributed by atoms with E-state index in [0.717, 1.165) is 37.6 Å². The molecule has 0 bridgehead atoms. The van der Waals surface area contributed by atoms with Gasteiger partial charge in [-0.25, -0.2) is 4.98 Å². The summed E-state index contributed by atoms with van der Waals surface area (Å²) < 4.78 is 10.4. The van der Waals surface area contributed by atoms with Crippen LogP contribution in [0.1, 0.15) is 26.0 Å². The van der Waals surface area contributed by atoms with Crippen molar-refractivity contribution in [1.82, 2.24) is 14.9 Å². The van der Waals surface area contributed by atoms with E-state index in [1.807, 2.05) is 6.20 Å². The Morgan fingerprint density at radius 3 is 2.62 bits per heavy atom. The summed E-state index contributed by atoms with van der Waals surface area (Å²) in [4.78, 5) is 11.2. The van der Waals surface area contributed by atoms with Crippen LogP contribution in [-0.2, 0) is 16.0 Å². The first-order chi connectivity index (χ1) is 10.2. The molecule has 0 saturated heterocycles. The number of anilines is 1. The molecule has 0 aromatic carbocycles. The largest absolute Gasteiger partial charge is 0.383 e. The van der Waals surface area contributed by atoms with Gasteiger partial charge in [0.25, 0.3) is 0 Å². The predicted molar refractivity (Wildman–Crippen MR) is 84.4 cm³/mol. The summed E-state index contributed by atoms with van der Waals surface area (Å²) in [6, 6.07) is 0.310. The molecule has 1 N–H and O–H groups in total. The highest BCUT2D eigenvalue weighted by Crippen LogP contribution is 2.08. The van der Waals surface area contributed by atoms with E-state index >= 15 is 0 Å². The molecule has 120 valence electrons. The molecule has 1 rings (SSSR count). The summed E-state index contributed by atoms with van der Waals surface area (Å²) >= 11 is 0. The Morgan fingerprint density at radius 2 is 2.05 bits per heavy atom. The minimum absolute atomic E-state index is 0.310. The second-order valence-electron chi connectivity index (χ2n) is 5.09. The number of rotatable bonds is 11. The summed E-state index contributed by atoms with van der Waals surface area (Å²) in [5, 5.41) is 3.22. The standard InChI is InChI=1S/C15H28N4O2/c1-5-6-16-15-10-17-14(9-18-15)11-19(7-8-20-3)13(2)12-21-4/h9-10,13H,5-8,11-12H2,1-4H3,(H,16,18). The molecule has 0 spiro atoms. The van der Waals surface area contributed by atoms with Crippen molar-refractivity contribution in [2.75, 3.05) is 45.8 Å². The lowest BCUT2D eigenvalue weighted by molar-refractivity contribution is 0.0697. The van der Waals surface area contributed by atoms with E-state index in [2.05, 4.69) is 34.0 Å². The van der Waals surface area contributed by atoms with Crippen LogP contribution in [0.2, 0.25) is 0 Å². The Hall–Kier alpha value is -1.24. The first-order valence-corrected chi connectivity index (χ1v) is 7.48. The first-order valence-electron chi connectivity index (χ1n) is 7.48. The molecule has 1 heterocycles. The average Bonchev–Trinajstić information content (AvgIpc) is 2.50. The van der Waals surface area contributed by atoms with Crippen molar-refractivity contribution >= 4 is 5.82 Å². The van der Waals surface area contributed by atoms with Gasteiger partial charge in [0, 0.05) is 39.9 Å². The number of methoxy groups -OCH3 is 2. The number of nitrogens with one attached hydrogen (secondary N) is 1. The molecule has 1 unspecified atom stereocenters. The molecule has 6 nitrogen and oxygen atoms in total. The maximum atomic E-state index is 5.24. The van der Waals surface area contributed by atoms with Gasteiger partial charge in [-0.15, -0.1) is 0 Å². The van der Waals surface area contributed by atoms with Gasteiger partial charge in [-0.05, 0) is 13.3 Å². The van der Waals surface area contributed by atoms with Gasteiger partial charge in [-0.2, -0.15) is 0 Å². The molecule has 0 saturated carbocycles. The van der Waals surface area contributed by atoms with Crippen molar-refractivity contribution in [1.29, 1.82) is 0 Å². The van der Waals surface area contributed by atoms with Crippen LogP contribution >= 0.6 is 0 Å². The van der Waals surface area contributed by atoms with Crippen LogP contribution < -0.4 is 5.32 Å². The van der Waals surface area contributed by atoms with Gasteiger partial charge in [0.15, 0.2) is 0 Å². The van der Waals surface area contributed by atoms with Crippen molar-refractivity contribution < 1.29 is 9.47 Å². The molecule has 0 amide bonds. The Balaban J connectivity index is 2.59. The second kappa shape index (κ2) is 10.5. The average molecular weight is 296 g/mol. The van der Waals surface area contributed by atoms with Gasteiger partial charge < -0.3 is 14.8 Å². The molecular formula is C15H28N4O2. The Labute approximate surface area is 127 Å². The molecule has 1 aromatic heterocycles. The highest BCUT2D eigenvalue weighted by atomic mass is 16.5. The van der Waals surface area contributed by atoms with Crippen molar-refractivity contribution in [3.05, 3.63) is 18.1 Å². The number of ether oxygens (including phenoxy) is 2. The summed E-state index contributed by atoms with van der Waals surface area (Å²) in [6.07, 6.45) is 4.69. The molecule has 0 radical (unpaired) electrons.